The van der Waals surface area contributed by atoms with Gasteiger partial charge in [0.25, 0.3) is 0 Å². The molecule has 0 fully saturated rings. The number of allylic oxidation sites excluding steroid dienone is 5. The van der Waals surface area contributed by atoms with Crippen molar-refractivity contribution in [3.05, 3.63) is 46.8 Å². The smallest absolute Gasteiger partial charge is 0.114 e. The van der Waals surface area contributed by atoms with Crippen molar-refractivity contribution in [1.29, 1.82) is 0 Å². The highest BCUT2D eigenvalue weighted by Crippen LogP contribution is 2.25. The van der Waals surface area contributed by atoms with Crippen LogP contribution in [-0.4, -0.2) is 0 Å². The lowest BCUT2D eigenvalue weighted by molar-refractivity contribution is 0.403. The molecular weight excluding hydrogens is 266 g/mol. The zero-order valence-electron chi connectivity index (χ0n) is 13.0. The lowest BCUT2D eigenvalue weighted by Crippen LogP contribution is -2.17. The highest BCUT2D eigenvalue weighted by Gasteiger charge is 2.14. The first-order valence-electron chi connectivity index (χ1n) is 6.95. The molecule has 1 rings (SSSR count). The van der Waals surface area contributed by atoms with Gasteiger partial charge in [-0.2, -0.15) is 0 Å². The van der Waals surface area contributed by atoms with E-state index in [1.807, 2.05) is 6.08 Å². The summed E-state index contributed by atoms with van der Waals surface area (Å²) >= 11 is 6.24. The van der Waals surface area contributed by atoms with Gasteiger partial charge in [-0.05, 0) is 29.9 Å². The van der Waals surface area contributed by atoms with Gasteiger partial charge in [-0.15, -0.1) is 0 Å². The average Bonchev–Trinajstić information content (AvgIpc) is 2.49. The number of hydrogen-bond donors (Lipinski definition) is 1. The molecular formula is C18H24ClN. The van der Waals surface area contributed by atoms with Crippen molar-refractivity contribution in [2.24, 2.45) is 5.41 Å². The second kappa shape index (κ2) is 6.86. The molecule has 108 valence electrons. The average molecular weight is 290 g/mol. The zero-order valence-corrected chi connectivity index (χ0v) is 13.7. The molecule has 0 amide bonds. The van der Waals surface area contributed by atoms with Crippen molar-refractivity contribution in [3.63, 3.8) is 0 Å². The normalized spacial score (nSPS) is 14.9. The van der Waals surface area contributed by atoms with Crippen LogP contribution in [0.25, 0.3) is 0 Å². The molecule has 0 aromatic carbocycles. The maximum atomic E-state index is 6.24. The number of rotatable bonds is 5. The van der Waals surface area contributed by atoms with Gasteiger partial charge in [0.15, 0.2) is 0 Å². The molecule has 2 heteroatoms. The van der Waals surface area contributed by atoms with Crippen LogP contribution in [-0.2, 0) is 0 Å². The predicted octanol–water partition coefficient (Wildman–Crippen LogP) is 5.28. The van der Waals surface area contributed by atoms with Crippen molar-refractivity contribution in [2.45, 2.75) is 47.0 Å². The van der Waals surface area contributed by atoms with Crippen LogP contribution in [0.1, 0.15) is 47.0 Å². The van der Waals surface area contributed by atoms with Crippen LogP contribution in [0.4, 0.5) is 0 Å². The highest BCUT2D eigenvalue weighted by atomic mass is 35.5. The monoisotopic (exact) mass is 289 g/mol. The maximum absolute atomic E-state index is 6.24. The van der Waals surface area contributed by atoms with Crippen LogP contribution in [0.3, 0.4) is 0 Å². The minimum Gasteiger partial charge on any atom is -0.358 e. The SMILES string of the molecule is C=C(CC(C)(C)C)NC1=C(Cl)C#CCC(C(=C)CC)=C1. The molecule has 0 spiro atoms. The lowest BCUT2D eigenvalue weighted by Gasteiger charge is -2.21. The summed E-state index contributed by atoms with van der Waals surface area (Å²) in [5.74, 6) is 6.05. The Morgan fingerprint density at radius 2 is 2.05 bits per heavy atom. The van der Waals surface area contributed by atoms with E-state index >= 15 is 0 Å². The molecule has 0 atom stereocenters. The summed E-state index contributed by atoms with van der Waals surface area (Å²) in [5.41, 5.74) is 4.21. The third-order valence-corrected chi connectivity index (χ3v) is 3.27. The van der Waals surface area contributed by atoms with Gasteiger partial charge >= 0.3 is 0 Å². The van der Waals surface area contributed by atoms with Gasteiger partial charge in [0.2, 0.25) is 0 Å². The number of nitrogens with one attached hydrogen (secondary N) is 1. The van der Waals surface area contributed by atoms with E-state index in [-0.39, 0.29) is 5.41 Å². The van der Waals surface area contributed by atoms with Crippen LogP contribution in [0.5, 0.6) is 0 Å². The minimum absolute atomic E-state index is 0.188. The summed E-state index contributed by atoms with van der Waals surface area (Å²) in [6.07, 6.45) is 4.53. The Hall–Kier alpha value is -1.39. The van der Waals surface area contributed by atoms with Crippen molar-refractivity contribution in [3.8, 4) is 11.8 Å². The fourth-order valence-corrected chi connectivity index (χ4v) is 2.16. The molecule has 0 heterocycles. The lowest BCUT2D eigenvalue weighted by atomic mass is 9.91. The standard InChI is InChI=1S/C18H24ClN/c1-7-13(2)15-9-8-10-16(19)17(11-15)20-14(3)12-18(4,5)6/h11,20H,2-3,7,9,12H2,1,4-6H3. The van der Waals surface area contributed by atoms with E-state index < -0.39 is 0 Å². The minimum atomic E-state index is 0.188. The molecule has 1 aliphatic rings. The van der Waals surface area contributed by atoms with E-state index in [9.17, 15) is 0 Å². The van der Waals surface area contributed by atoms with E-state index in [2.05, 4.69) is 58.0 Å². The van der Waals surface area contributed by atoms with Crippen LogP contribution >= 0.6 is 11.6 Å². The first-order chi connectivity index (χ1) is 9.23. The van der Waals surface area contributed by atoms with Crippen molar-refractivity contribution < 1.29 is 0 Å². The van der Waals surface area contributed by atoms with E-state index in [0.29, 0.717) is 11.5 Å². The highest BCUT2D eigenvalue weighted by molar-refractivity contribution is 6.32. The fraction of sp³-hybridized carbons (Fsp3) is 0.444. The molecule has 0 saturated heterocycles. The summed E-state index contributed by atoms with van der Waals surface area (Å²) in [5, 5.41) is 3.85. The maximum Gasteiger partial charge on any atom is 0.114 e. The van der Waals surface area contributed by atoms with Gasteiger partial charge in [-0.25, -0.2) is 0 Å². The molecule has 0 aliphatic heterocycles. The summed E-state index contributed by atoms with van der Waals surface area (Å²) in [6, 6.07) is 0. The third kappa shape index (κ3) is 5.31. The Balaban J connectivity index is 2.94. The van der Waals surface area contributed by atoms with Crippen LogP contribution in [0.2, 0.25) is 0 Å². The summed E-state index contributed by atoms with van der Waals surface area (Å²) in [7, 11) is 0. The van der Waals surface area contributed by atoms with Crippen molar-refractivity contribution in [2.75, 3.05) is 0 Å². The molecule has 0 unspecified atom stereocenters. The van der Waals surface area contributed by atoms with Gasteiger partial charge in [-0.3, -0.25) is 0 Å². The molecule has 20 heavy (non-hydrogen) atoms. The van der Waals surface area contributed by atoms with E-state index in [1.54, 1.807) is 0 Å². The Bertz CT molecular complexity index is 530. The van der Waals surface area contributed by atoms with Gasteiger partial charge in [0.05, 0.1) is 5.70 Å². The number of hydrogen-bond acceptors (Lipinski definition) is 1. The predicted molar refractivity (Wildman–Crippen MR) is 89.1 cm³/mol. The Labute approximate surface area is 128 Å². The topological polar surface area (TPSA) is 12.0 Å². The molecule has 0 bridgehead atoms. The zero-order chi connectivity index (χ0) is 15.3. The fourth-order valence-electron chi connectivity index (χ4n) is 1.99. The molecule has 0 aromatic heterocycles. The second-order valence-corrected chi connectivity index (χ2v) is 6.68. The molecule has 0 aromatic rings. The Morgan fingerprint density at radius 3 is 2.60 bits per heavy atom. The van der Waals surface area contributed by atoms with Gasteiger partial charge in [-0.1, -0.05) is 69.9 Å². The first kappa shape index (κ1) is 16.7. The Morgan fingerprint density at radius 1 is 1.40 bits per heavy atom. The van der Waals surface area contributed by atoms with Crippen molar-refractivity contribution in [1.82, 2.24) is 5.32 Å². The largest absolute Gasteiger partial charge is 0.358 e. The number of halogens is 1. The first-order valence-corrected chi connectivity index (χ1v) is 7.33. The van der Waals surface area contributed by atoms with Gasteiger partial charge < -0.3 is 5.32 Å². The van der Waals surface area contributed by atoms with E-state index in [4.69, 9.17) is 11.6 Å². The molecule has 1 nitrogen and oxygen atoms in total. The van der Waals surface area contributed by atoms with E-state index in [1.165, 1.54) is 0 Å². The quantitative estimate of drug-likeness (QED) is 0.679. The molecule has 0 radical (unpaired) electrons. The molecule has 0 saturated carbocycles. The second-order valence-electron chi connectivity index (χ2n) is 6.30. The summed E-state index contributed by atoms with van der Waals surface area (Å²) < 4.78 is 0. The summed E-state index contributed by atoms with van der Waals surface area (Å²) in [6.45, 7) is 16.8. The van der Waals surface area contributed by atoms with Crippen LogP contribution in [0.15, 0.2) is 46.8 Å². The Kier molecular flexibility index (Phi) is 5.72. The molecule has 1 N–H and O–H groups in total. The van der Waals surface area contributed by atoms with Crippen molar-refractivity contribution >= 4 is 11.6 Å². The van der Waals surface area contributed by atoms with Crippen LogP contribution in [0, 0.1) is 17.3 Å². The third-order valence-electron chi connectivity index (χ3n) is 2.97. The molecule has 1 aliphatic carbocycles. The van der Waals surface area contributed by atoms with Gasteiger partial charge in [0.1, 0.15) is 5.03 Å². The van der Waals surface area contributed by atoms with Gasteiger partial charge in [0, 0.05) is 12.1 Å². The summed E-state index contributed by atoms with van der Waals surface area (Å²) in [4.78, 5) is 0. The van der Waals surface area contributed by atoms with E-state index in [0.717, 1.165) is 35.4 Å². The van der Waals surface area contributed by atoms with Crippen LogP contribution < -0.4 is 5.32 Å².